The molecule has 0 aliphatic heterocycles. The molecule has 0 spiro atoms. The van der Waals surface area contributed by atoms with Crippen LogP contribution in [0.4, 0.5) is 8.78 Å². The Hall–Kier alpha value is -1.69. The Balaban J connectivity index is 2.78. The Morgan fingerprint density at radius 2 is 2.00 bits per heavy atom. The van der Waals surface area contributed by atoms with Crippen LogP contribution in [0.5, 0.6) is 5.75 Å². The normalized spacial score (nSPS) is 15.6. The first kappa shape index (κ1) is 17.4. The summed E-state index contributed by atoms with van der Waals surface area (Å²) >= 11 is 0. The van der Waals surface area contributed by atoms with Gasteiger partial charge in [0.15, 0.2) is 11.6 Å². The Kier molecular flexibility index (Phi) is 5.66. The van der Waals surface area contributed by atoms with Crippen molar-refractivity contribution in [2.45, 2.75) is 51.8 Å². The first-order valence-electron chi connectivity index (χ1n) is 6.83. The highest BCUT2D eigenvalue weighted by atomic mass is 19.1. The van der Waals surface area contributed by atoms with Gasteiger partial charge in [0.2, 0.25) is 5.91 Å². The fourth-order valence-corrected chi connectivity index (χ4v) is 2.27. The first-order valence-corrected chi connectivity index (χ1v) is 6.83. The molecule has 2 unspecified atom stereocenters. The summed E-state index contributed by atoms with van der Waals surface area (Å²) in [6.45, 7) is 7.17. The standard InChI is InChI=1S/C15H22F2N2O2/c1-9(2)19-15(4,14(18)20)8-10(3)21-13-6-5-11(16)7-12(13)17/h5-7,9-10,19H,8H2,1-4H3,(H2,18,20). The van der Waals surface area contributed by atoms with Crippen molar-refractivity contribution < 1.29 is 18.3 Å². The lowest BCUT2D eigenvalue weighted by Crippen LogP contribution is -2.57. The van der Waals surface area contributed by atoms with E-state index >= 15 is 0 Å². The molecule has 0 saturated carbocycles. The van der Waals surface area contributed by atoms with Crippen LogP contribution in [-0.4, -0.2) is 23.6 Å². The zero-order valence-electron chi connectivity index (χ0n) is 12.7. The number of hydrogen-bond acceptors (Lipinski definition) is 3. The van der Waals surface area contributed by atoms with Crippen LogP contribution in [-0.2, 0) is 4.79 Å². The van der Waals surface area contributed by atoms with E-state index in [0.717, 1.165) is 12.1 Å². The molecule has 0 saturated heterocycles. The molecule has 4 nitrogen and oxygen atoms in total. The third-order valence-corrected chi connectivity index (χ3v) is 3.07. The molecular formula is C15H22F2N2O2. The lowest BCUT2D eigenvalue weighted by Gasteiger charge is -2.32. The van der Waals surface area contributed by atoms with Crippen LogP contribution in [0.1, 0.15) is 34.1 Å². The lowest BCUT2D eigenvalue weighted by molar-refractivity contribution is -0.125. The zero-order valence-corrected chi connectivity index (χ0v) is 12.7. The molecule has 1 rings (SSSR count). The van der Waals surface area contributed by atoms with Gasteiger partial charge < -0.3 is 15.8 Å². The van der Waals surface area contributed by atoms with Crippen LogP contribution in [0.2, 0.25) is 0 Å². The van der Waals surface area contributed by atoms with Gasteiger partial charge in [0.05, 0.1) is 11.6 Å². The number of halogens is 2. The maximum Gasteiger partial charge on any atom is 0.237 e. The summed E-state index contributed by atoms with van der Waals surface area (Å²) in [6, 6.07) is 3.14. The van der Waals surface area contributed by atoms with Gasteiger partial charge in [0.1, 0.15) is 5.82 Å². The van der Waals surface area contributed by atoms with Crippen LogP contribution in [0.25, 0.3) is 0 Å². The van der Waals surface area contributed by atoms with Crippen molar-refractivity contribution in [2.24, 2.45) is 5.73 Å². The number of nitrogens with one attached hydrogen (secondary N) is 1. The average Bonchev–Trinajstić information content (AvgIpc) is 2.31. The summed E-state index contributed by atoms with van der Waals surface area (Å²) in [5.74, 6) is -2.01. The maximum absolute atomic E-state index is 13.5. The second-order valence-corrected chi connectivity index (χ2v) is 5.70. The van der Waals surface area contributed by atoms with Crippen molar-refractivity contribution in [3.8, 4) is 5.75 Å². The van der Waals surface area contributed by atoms with Gasteiger partial charge in [-0.3, -0.25) is 4.79 Å². The highest BCUT2D eigenvalue weighted by molar-refractivity contribution is 5.84. The van der Waals surface area contributed by atoms with E-state index in [1.165, 1.54) is 6.07 Å². The number of carbonyl (C=O) groups excluding carboxylic acids is 1. The predicted molar refractivity (Wildman–Crippen MR) is 76.9 cm³/mol. The summed E-state index contributed by atoms with van der Waals surface area (Å²) in [4.78, 5) is 11.6. The number of primary amides is 1. The molecule has 2 atom stereocenters. The molecule has 0 aliphatic carbocycles. The van der Waals surface area contributed by atoms with E-state index in [1.807, 2.05) is 13.8 Å². The number of nitrogens with two attached hydrogens (primary N) is 1. The molecule has 0 heterocycles. The number of amides is 1. The highest BCUT2D eigenvalue weighted by Gasteiger charge is 2.34. The van der Waals surface area contributed by atoms with Gasteiger partial charge in [-0.2, -0.15) is 0 Å². The van der Waals surface area contributed by atoms with E-state index in [9.17, 15) is 13.6 Å². The van der Waals surface area contributed by atoms with Gasteiger partial charge in [0.25, 0.3) is 0 Å². The number of benzene rings is 1. The molecule has 0 radical (unpaired) electrons. The molecule has 3 N–H and O–H groups in total. The number of hydrogen-bond donors (Lipinski definition) is 2. The van der Waals surface area contributed by atoms with Crippen LogP contribution in [0, 0.1) is 11.6 Å². The average molecular weight is 300 g/mol. The maximum atomic E-state index is 13.5. The van der Waals surface area contributed by atoms with Crippen molar-refractivity contribution in [3.63, 3.8) is 0 Å². The van der Waals surface area contributed by atoms with Gasteiger partial charge in [0, 0.05) is 18.5 Å². The van der Waals surface area contributed by atoms with Gasteiger partial charge in [-0.1, -0.05) is 0 Å². The molecule has 21 heavy (non-hydrogen) atoms. The number of ether oxygens (including phenoxy) is 1. The summed E-state index contributed by atoms with van der Waals surface area (Å²) < 4.78 is 31.8. The third-order valence-electron chi connectivity index (χ3n) is 3.07. The van der Waals surface area contributed by atoms with Crippen molar-refractivity contribution in [1.82, 2.24) is 5.32 Å². The van der Waals surface area contributed by atoms with E-state index in [4.69, 9.17) is 10.5 Å². The second-order valence-electron chi connectivity index (χ2n) is 5.70. The summed E-state index contributed by atoms with van der Waals surface area (Å²) in [6.07, 6.45) is -0.217. The number of carbonyl (C=O) groups is 1. The van der Waals surface area contributed by atoms with Crippen molar-refractivity contribution in [2.75, 3.05) is 0 Å². The Morgan fingerprint density at radius 3 is 2.48 bits per heavy atom. The van der Waals surface area contributed by atoms with Crippen molar-refractivity contribution in [1.29, 1.82) is 0 Å². The molecule has 0 aromatic heterocycles. The Labute approximate surface area is 123 Å². The minimum Gasteiger partial charge on any atom is -0.488 e. The van der Waals surface area contributed by atoms with E-state index in [1.54, 1.807) is 13.8 Å². The van der Waals surface area contributed by atoms with Crippen LogP contribution in [0.3, 0.4) is 0 Å². The molecule has 6 heteroatoms. The van der Waals surface area contributed by atoms with Gasteiger partial charge in [-0.25, -0.2) is 8.78 Å². The largest absolute Gasteiger partial charge is 0.488 e. The molecule has 0 fully saturated rings. The fraction of sp³-hybridized carbons (Fsp3) is 0.533. The first-order chi connectivity index (χ1) is 9.64. The van der Waals surface area contributed by atoms with E-state index in [2.05, 4.69) is 5.32 Å². The van der Waals surface area contributed by atoms with Crippen molar-refractivity contribution >= 4 is 5.91 Å². The Morgan fingerprint density at radius 1 is 1.38 bits per heavy atom. The van der Waals surface area contributed by atoms with Gasteiger partial charge in [-0.15, -0.1) is 0 Å². The highest BCUT2D eigenvalue weighted by Crippen LogP contribution is 2.22. The van der Waals surface area contributed by atoms with Gasteiger partial charge in [-0.05, 0) is 39.8 Å². The fourth-order valence-electron chi connectivity index (χ4n) is 2.27. The molecule has 1 amide bonds. The summed E-state index contributed by atoms with van der Waals surface area (Å²) in [7, 11) is 0. The molecule has 0 aliphatic rings. The third kappa shape index (κ3) is 4.97. The summed E-state index contributed by atoms with van der Waals surface area (Å²) in [5, 5.41) is 3.09. The second kappa shape index (κ2) is 6.85. The monoisotopic (exact) mass is 300 g/mol. The number of rotatable bonds is 7. The molecule has 1 aromatic rings. The van der Waals surface area contributed by atoms with Crippen LogP contribution in [0.15, 0.2) is 18.2 Å². The van der Waals surface area contributed by atoms with E-state index < -0.39 is 29.2 Å². The SMILES string of the molecule is CC(C)NC(C)(CC(C)Oc1ccc(F)cc1F)C(N)=O. The van der Waals surface area contributed by atoms with E-state index in [0.29, 0.717) is 0 Å². The Bertz CT molecular complexity index is 508. The summed E-state index contributed by atoms with van der Waals surface area (Å²) in [5.41, 5.74) is 4.46. The van der Waals surface area contributed by atoms with Crippen molar-refractivity contribution in [3.05, 3.63) is 29.8 Å². The smallest absolute Gasteiger partial charge is 0.237 e. The quantitative estimate of drug-likeness (QED) is 0.812. The minimum atomic E-state index is -0.968. The molecular weight excluding hydrogens is 278 g/mol. The van der Waals surface area contributed by atoms with Crippen LogP contribution < -0.4 is 15.8 Å². The topological polar surface area (TPSA) is 64.3 Å². The van der Waals surface area contributed by atoms with Gasteiger partial charge >= 0.3 is 0 Å². The lowest BCUT2D eigenvalue weighted by atomic mass is 9.93. The molecule has 0 bridgehead atoms. The van der Waals surface area contributed by atoms with Crippen LogP contribution >= 0.6 is 0 Å². The predicted octanol–water partition coefficient (Wildman–Crippen LogP) is 2.36. The zero-order chi connectivity index (χ0) is 16.2. The molecule has 118 valence electrons. The molecule has 1 aromatic carbocycles. The van der Waals surface area contributed by atoms with E-state index in [-0.39, 0.29) is 18.2 Å². The minimum absolute atomic E-state index is 0.0530.